The number of nitrogens with zero attached hydrogens (tertiary/aromatic N) is 4. The Kier molecular flexibility index (Phi) is 4.42. The molecule has 1 aliphatic rings. The molecule has 7 nitrogen and oxygen atoms in total. The Balaban J connectivity index is 1.79. The Morgan fingerprint density at radius 1 is 1.00 bits per heavy atom. The van der Waals surface area contributed by atoms with Gasteiger partial charge in [-0.05, 0) is 18.6 Å². The van der Waals surface area contributed by atoms with Crippen molar-refractivity contribution in [2.45, 2.75) is 19.9 Å². The molecule has 128 valence electrons. The highest BCUT2D eigenvalue weighted by Gasteiger charge is 2.22. The predicted octanol–water partition coefficient (Wildman–Crippen LogP) is 0.421. The Morgan fingerprint density at radius 2 is 1.62 bits per heavy atom. The van der Waals surface area contributed by atoms with E-state index in [-0.39, 0.29) is 24.0 Å². The molecule has 0 saturated carbocycles. The first-order valence-electron chi connectivity index (χ1n) is 8.16. The first-order valence-corrected chi connectivity index (χ1v) is 8.16. The molecule has 2 heterocycles. The zero-order chi connectivity index (χ0) is 17.3. The molecule has 1 aromatic heterocycles. The van der Waals surface area contributed by atoms with Crippen molar-refractivity contribution in [3.05, 3.63) is 34.7 Å². The summed E-state index contributed by atoms with van der Waals surface area (Å²) in [4.78, 5) is 40.1. The molecule has 0 atom stereocenters. The summed E-state index contributed by atoms with van der Waals surface area (Å²) in [5.41, 5.74) is 1.39. The van der Waals surface area contributed by atoms with Crippen molar-refractivity contribution in [3.8, 4) is 0 Å². The number of amides is 2. The van der Waals surface area contributed by atoms with Crippen LogP contribution in [-0.2, 0) is 23.2 Å². The van der Waals surface area contributed by atoms with Crippen molar-refractivity contribution in [1.82, 2.24) is 18.9 Å². The Labute approximate surface area is 140 Å². The number of hydrogen-bond donors (Lipinski definition) is 0. The quantitative estimate of drug-likeness (QED) is 0.801. The minimum atomic E-state index is -0.190. The van der Waals surface area contributed by atoms with Crippen LogP contribution in [0.3, 0.4) is 0 Å². The van der Waals surface area contributed by atoms with Gasteiger partial charge in [0.1, 0.15) is 6.54 Å². The summed E-state index contributed by atoms with van der Waals surface area (Å²) in [7, 11) is 1.71. The molecule has 3 rings (SSSR count). The summed E-state index contributed by atoms with van der Waals surface area (Å²) < 4.78 is 3.08. The lowest BCUT2D eigenvalue weighted by Gasteiger charge is -2.21. The van der Waals surface area contributed by atoms with Gasteiger partial charge in [-0.15, -0.1) is 0 Å². The molecule has 0 unspecified atom stereocenters. The fourth-order valence-corrected chi connectivity index (χ4v) is 3.23. The third kappa shape index (κ3) is 2.93. The molecule has 1 saturated heterocycles. The van der Waals surface area contributed by atoms with E-state index < -0.39 is 0 Å². The van der Waals surface area contributed by atoms with E-state index in [0.29, 0.717) is 26.2 Å². The molecule has 1 aliphatic heterocycles. The number of benzene rings is 1. The van der Waals surface area contributed by atoms with Gasteiger partial charge in [0, 0.05) is 40.2 Å². The average molecular weight is 330 g/mol. The van der Waals surface area contributed by atoms with E-state index in [0.717, 1.165) is 17.5 Å². The highest BCUT2D eigenvalue weighted by molar-refractivity contribution is 5.81. The number of rotatable bonds is 2. The smallest absolute Gasteiger partial charge is 0.329 e. The standard InChI is InChI=1S/C17H22N4O3/c1-13(22)19-8-5-9-20(11-10-19)16(23)12-21-15-7-4-3-6-14(15)18(2)17(21)24/h3-4,6-7H,5,8-12H2,1-2H3. The van der Waals surface area contributed by atoms with Crippen LogP contribution in [0.15, 0.2) is 29.1 Å². The van der Waals surface area contributed by atoms with Gasteiger partial charge in [0.05, 0.1) is 11.0 Å². The van der Waals surface area contributed by atoms with Crippen LogP contribution in [0.25, 0.3) is 11.0 Å². The summed E-state index contributed by atoms with van der Waals surface area (Å²) in [6.07, 6.45) is 0.760. The van der Waals surface area contributed by atoms with Gasteiger partial charge in [-0.2, -0.15) is 0 Å². The summed E-state index contributed by atoms with van der Waals surface area (Å²) in [6.45, 7) is 3.92. The molecule has 24 heavy (non-hydrogen) atoms. The SMILES string of the molecule is CC(=O)N1CCCN(C(=O)Cn2c(=O)n(C)c3ccccc32)CC1. The second-order valence-electron chi connectivity index (χ2n) is 6.16. The van der Waals surface area contributed by atoms with Crippen LogP contribution in [0, 0.1) is 0 Å². The maximum Gasteiger partial charge on any atom is 0.329 e. The fourth-order valence-electron chi connectivity index (χ4n) is 3.23. The first kappa shape index (κ1) is 16.3. The molecule has 0 aliphatic carbocycles. The van der Waals surface area contributed by atoms with Crippen LogP contribution in [0.4, 0.5) is 0 Å². The van der Waals surface area contributed by atoms with Crippen LogP contribution in [0.1, 0.15) is 13.3 Å². The minimum absolute atomic E-state index is 0.0280. The van der Waals surface area contributed by atoms with E-state index in [1.54, 1.807) is 28.3 Å². The highest BCUT2D eigenvalue weighted by atomic mass is 16.2. The minimum Gasteiger partial charge on any atom is -0.341 e. The maximum atomic E-state index is 12.7. The second-order valence-corrected chi connectivity index (χ2v) is 6.16. The van der Waals surface area contributed by atoms with Crippen molar-refractivity contribution < 1.29 is 9.59 Å². The molecule has 1 fully saturated rings. The Bertz CT molecular complexity index is 836. The van der Waals surface area contributed by atoms with Gasteiger partial charge in [-0.25, -0.2) is 4.79 Å². The van der Waals surface area contributed by atoms with Crippen LogP contribution in [0.2, 0.25) is 0 Å². The van der Waals surface area contributed by atoms with Crippen LogP contribution < -0.4 is 5.69 Å². The normalized spacial score (nSPS) is 15.6. The topological polar surface area (TPSA) is 67.6 Å². The molecule has 0 radical (unpaired) electrons. The van der Waals surface area contributed by atoms with E-state index in [1.165, 1.54) is 4.57 Å². The summed E-state index contributed by atoms with van der Waals surface area (Å²) >= 11 is 0. The number of carbonyl (C=O) groups is 2. The number of fused-ring (bicyclic) bond motifs is 1. The molecular weight excluding hydrogens is 308 g/mol. The van der Waals surface area contributed by atoms with Crippen LogP contribution in [-0.4, -0.2) is 56.9 Å². The molecule has 0 spiro atoms. The zero-order valence-electron chi connectivity index (χ0n) is 14.1. The second kappa shape index (κ2) is 6.51. The van der Waals surface area contributed by atoms with E-state index in [9.17, 15) is 14.4 Å². The van der Waals surface area contributed by atoms with Crippen molar-refractivity contribution in [1.29, 1.82) is 0 Å². The fraction of sp³-hybridized carbons (Fsp3) is 0.471. The number of carbonyl (C=O) groups excluding carboxylic acids is 2. The van der Waals surface area contributed by atoms with Crippen LogP contribution >= 0.6 is 0 Å². The summed E-state index contributed by atoms with van der Waals surface area (Å²) in [5.74, 6) is -0.0478. The zero-order valence-corrected chi connectivity index (χ0v) is 14.1. The van der Waals surface area contributed by atoms with Crippen molar-refractivity contribution in [2.24, 2.45) is 7.05 Å². The van der Waals surface area contributed by atoms with Crippen molar-refractivity contribution in [2.75, 3.05) is 26.2 Å². The van der Waals surface area contributed by atoms with Gasteiger partial charge in [0.2, 0.25) is 11.8 Å². The lowest BCUT2D eigenvalue weighted by Crippen LogP contribution is -2.39. The van der Waals surface area contributed by atoms with Gasteiger partial charge in [0.25, 0.3) is 0 Å². The molecule has 2 amide bonds. The highest BCUT2D eigenvalue weighted by Crippen LogP contribution is 2.12. The molecule has 1 aromatic carbocycles. The van der Waals surface area contributed by atoms with Gasteiger partial charge in [-0.3, -0.25) is 18.7 Å². The van der Waals surface area contributed by atoms with Crippen molar-refractivity contribution in [3.63, 3.8) is 0 Å². The van der Waals surface area contributed by atoms with Crippen LogP contribution in [0.5, 0.6) is 0 Å². The summed E-state index contributed by atoms with van der Waals surface area (Å²) in [6, 6.07) is 7.46. The molecule has 0 N–H and O–H groups in total. The third-order valence-corrected chi connectivity index (χ3v) is 4.64. The molecule has 7 heteroatoms. The van der Waals surface area contributed by atoms with Crippen molar-refractivity contribution >= 4 is 22.8 Å². The molecule has 2 aromatic rings. The van der Waals surface area contributed by atoms with E-state index >= 15 is 0 Å². The summed E-state index contributed by atoms with van der Waals surface area (Å²) in [5, 5.41) is 0. The lowest BCUT2D eigenvalue weighted by molar-refractivity contribution is -0.133. The number of aromatic nitrogens is 2. The number of hydrogen-bond acceptors (Lipinski definition) is 3. The first-order chi connectivity index (χ1) is 11.5. The number of para-hydroxylation sites is 2. The van der Waals surface area contributed by atoms with E-state index in [4.69, 9.17) is 0 Å². The van der Waals surface area contributed by atoms with E-state index in [2.05, 4.69) is 0 Å². The largest absolute Gasteiger partial charge is 0.341 e. The monoisotopic (exact) mass is 330 g/mol. The molecule has 0 bridgehead atoms. The maximum absolute atomic E-state index is 12.7. The predicted molar refractivity (Wildman–Crippen MR) is 90.6 cm³/mol. The average Bonchev–Trinajstić information content (AvgIpc) is 2.77. The van der Waals surface area contributed by atoms with E-state index in [1.807, 2.05) is 24.3 Å². The molecular formula is C17H22N4O3. The van der Waals surface area contributed by atoms with Gasteiger partial charge in [-0.1, -0.05) is 12.1 Å². The Hall–Kier alpha value is -2.57. The number of aryl methyl sites for hydroxylation is 1. The Morgan fingerprint density at radius 3 is 2.33 bits per heavy atom. The number of imidazole rings is 1. The van der Waals surface area contributed by atoms with Gasteiger partial charge < -0.3 is 9.80 Å². The van der Waals surface area contributed by atoms with Gasteiger partial charge >= 0.3 is 5.69 Å². The lowest BCUT2D eigenvalue weighted by atomic mass is 10.3. The third-order valence-electron chi connectivity index (χ3n) is 4.64. The van der Waals surface area contributed by atoms with Gasteiger partial charge in [0.15, 0.2) is 0 Å².